The lowest BCUT2D eigenvalue weighted by molar-refractivity contribution is 0.102. The van der Waals surface area contributed by atoms with Crippen LogP contribution in [0.15, 0.2) is 30.6 Å². The number of halogens is 2. The van der Waals surface area contributed by atoms with Gasteiger partial charge in [-0.15, -0.1) is 0 Å². The van der Waals surface area contributed by atoms with Gasteiger partial charge >= 0.3 is 0 Å². The van der Waals surface area contributed by atoms with Crippen molar-refractivity contribution in [3.8, 4) is 0 Å². The molecular formula is C14H14Cl2N4O. The normalized spacial score (nSPS) is 10.2. The highest BCUT2D eigenvalue weighted by Gasteiger charge is 2.11. The third-order valence-corrected chi connectivity index (χ3v) is 3.15. The molecule has 0 aliphatic carbocycles. The van der Waals surface area contributed by atoms with Crippen molar-refractivity contribution in [2.45, 2.75) is 13.3 Å². The highest BCUT2D eigenvalue weighted by Crippen LogP contribution is 2.25. The molecule has 0 radical (unpaired) electrons. The van der Waals surface area contributed by atoms with E-state index >= 15 is 0 Å². The molecule has 21 heavy (non-hydrogen) atoms. The van der Waals surface area contributed by atoms with E-state index in [4.69, 9.17) is 23.2 Å². The number of rotatable bonds is 5. The Morgan fingerprint density at radius 3 is 2.81 bits per heavy atom. The quantitative estimate of drug-likeness (QED) is 0.876. The van der Waals surface area contributed by atoms with E-state index in [1.165, 1.54) is 6.20 Å². The highest BCUT2D eigenvalue weighted by molar-refractivity contribution is 6.36. The van der Waals surface area contributed by atoms with E-state index in [0.29, 0.717) is 21.6 Å². The predicted molar refractivity (Wildman–Crippen MR) is 85.2 cm³/mol. The van der Waals surface area contributed by atoms with Crippen LogP contribution in [0.5, 0.6) is 0 Å². The van der Waals surface area contributed by atoms with Crippen molar-refractivity contribution in [3.63, 3.8) is 0 Å². The first-order valence-corrected chi connectivity index (χ1v) is 7.18. The SMILES string of the molecule is CCCNc1cncc(C(=O)Nc2ccc(Cl)cc2Cl)n1. The number of nitrogens with zero attached hydrogens (tertiary/aromatic N) is 2. The van der Waals surface area contributed by atoms with Gasteiger partial charge in [0.05, 0.1) is 23.1 Å². The maximum absolute atomic E-state index is 12.1. The lowest BCUT2D eigenvalue weighted by atomic mass is 10.3. The maximum Gasteiger partial charge on any atom is 0.275 e. The third kappa shape index (κ3) is 4.31. The maximum atomic E-state index is 12.1. The van der Waals surface area contributed by atoms with Crippen molar-refractivity contribution < 1.29 is 4.79 Å². The van der Waals surface area contributed by atoms with E-state index in [2.05, 4.69) is 20.6 Å². The molecule has 2 N–H and O–H groups in total. The van der Waals surface area contributed by atoms with E-state index in [1.807, 2.05) is 6.92 Å². The van der Waals surface area contributed by atoms with E-state index in [9.17, 15) is 4.79 Å². The summed E-state index contributed by atoms with van der Waals surface area (Å²) in [7, 11) is 0. The van der Waals surface area contributed by atoms with Crippen molar-refractivity contribution in [1.29, 1.82) is 0 Å². The Morgan fingerprint density at radius 2 is 2.10 bits per heavy atom. The second-order valence-corrected chi connectivity index (χ2v) is 5.14. The van der Waals surface area contributed by atoms with Crippen molar-refractivity contribution in [3.05, 3.63) is 46.3 Å². The zero-order valence-corrected chi connectivity index (χ0v) is 12.9. The van der Waals surface area contributed by atoms with Gasteiger partial charge in [-0.25, -0.2) is 4.98 Å². The van der Waals surface area contributed by atoms with Crippen molar-refractivity contribution in [2.75, 3.05) is 17.2 Å². The molecule has 0 bridgehead atoms. The van der Waals surface area contributed by atoms with Gasteiger partial charge in [0.15, 0.2) is 0 Å². The molecule has 2 rings (SSSR count). The van der Waals surface area contributed by atoms with Crippen LogP contribution in [0.25, 0.3) is 0 Å². The summed E-state index contributed by atoms with van der Waals surface area (Å²) in [5.41, 5.74) is 0.682. The molecule has 1 amide bonds. The smallest absolute Gasteiger partial charge is 0.275 e. The van der Waals surface area contributed by atoms with E-state index in [1.54, 1.807) is 24.4 Å². The predicted octanol–water partition coefficient (Wildman–Crippen LogP) is 3.86. The molecule has 0 unspecified atom stereocenters. The third-order valence-electron chi connectivity index (χ3n) is 2.60. The summed E-state index contributed by atoms with van der Waals surface area (Å²) in [5.74, 6) is 0.179. The summed E-state index contributed by atoms with van der Waals surface area (Å²) in [6, 6.07) is 4.84. The van der Waals surface area contributed by atoms with Crippen LogP contribution in [0, 0.1) is 0 Å². The second-order valence-electron chi connectivity index (χ2n) is 4.29. The number of aromatic nitrogens is 2. The molecule has 2 aromatic rings. The Morgan fingerprint density at radius 1 is 1.29 bits per heavy atom. The molecule has 0 fully saturated rings. The number of carbonyl (C=O) groups is 1. The molecule has 0 spiro atoms. The fourth-order valence-corrected chi connectivity index (χ4v) is 2.05. The molecular weight excluding hydrogens is 311 g/mol. The number of amides is 1. The van der Waals surface area contributed by atoms with Crippen LogP contribution in [-0.2, 0) is 0 Å². The minimum absolute atomic E-state index is 0.210. The standard InChI is InChI=1S/C14H14Cl2N4O/c1-2-5-18-13-8-17-7-12(19-13)14(21)20-11-4-3-9(15)6-10(11)16/h3-4,6-8H,2,5H2,1H3,(H,18,19)(H,20,21). The molecule has 1 aromatic carbocycles. The van der Waals surface area contributed by atoms with E-state index in [-0.39, 0.29) is 11.6 Å². The lowest BCUT2D eigenvalue weighted by Gasteiger charge is -2.08. The Bertz CT molecular complexity index is 649. The summed E-state index contributed by atoms with van der Waals surface area (Å²) in [6.45, 7) is 2.81. The molecule has 0 saturated heterocycles. The number of carbonyl (C=O) groups excluding carboxylic acids is 1. The van der Waals surface area contributed by atoms with Crippen LogP contribution in [-0.4, -0.2) is 22.4 Å². The second kappa shape index (κ2) is 7.24. The summed E-state index contributed by atoms with van der Waals surface area (Å²) in [5, 5.41) is 6.62. The Balaban J connectivity index is 2.12. The zero-order chi connectivity index (χ0) is 15.2. The Labute approximate surface area is 132 Å². The van der Waals surface area contributed by atoms with Gasteiger partial charge in [0.2, 0.25) is 0 Å². The van der Waals surface area contributed by atoms with Crippen LogP contribution in [0.1, 0.15) is 23.8 Å². The average molecular weight is 325 g/mol. The average Bonchev–Trinajstić information content (AvgIpc) is 2.48. The first-order valence-electron chi connectivity index (χ1n) is 6.42. The van der Waals surface area contributed by atoms with Gasteiger partial charge in [-0.05, 0) is 24.6 Å². The molecule has 0 aliphatic rings. The van der Waals surface area contributed by atoms with Crippen molar-refractivity contribution in [1.82, 2.24) is 9.97 Å². The highest BCUT2D eigenvalue weighted by atomic mass is 35.5. The van der Waals surface area contributed by atoms with Crippen LogP contribution in [0.4, 0.5) is 11.5 Å². The van der Waals surface area contributed by atoms with Gasteiger partial charge in [0.25, 0.3) is 5.91 Å². The summed E-state index contributed by atoms with van der Waals surface area (Å²) in [6.07, 6.45) is 3.93. The molecule has 1 heterocycles. The number of hydrogen-bond donors (Lipinski definition) is 2. The monoisotopic (exact) mass is 324 g/mol. The summed E-state index contributed by atoms with van der Waals surface area (Å²) >= 11 is 11.8. The molecule has 0 atom stereocenters. The van der Waals surface area contributed by atoms with E-state index in [0.717, 1.165) is 13.0 Å². The largest absolute Gasteiger partial charge is 0.369 e. The van der Waals surface area contributed by atoms with E-state index < -0.39 is 0 Å². The minimum Gasteiger partial charge on any atom is -0.369 e. The molecule has 110 valence electrons. The lowest BCUT2D eigenvalue weighted by Crippen LogP contribution is -2.15. The number of hydrogen-bond acceptors (Lipinski definition) is 4. The first-order chi connectivity index (χ1) is 10.1. The summed E-state index contributed by atoms with van der Waals surface area (Å²) in [4.78, 5) is 20.3. The Kier molecular flexibility index (Phi) is 5.36. The number of nitrogens with one attached hydrogen (secondary N) is 2. The Hall–Kier alpha value is -1.85. The van der Waals surface area contributed by atoms with Gasteiger partial charge in [0.1, 0.15) is 11.5 Å². The first kappa shape index (κ1) is 15.5. The molecule has 7 heteroatoms. The van der Waals surface area contributed by atoms with Gasteiger partial charge < -0.3 is 10.6 Å². The molecule has 0 saturated carbocycles. The van der Waals surface area contributed by atoms with Crippen LogP contribution in [0.2, 0.25) is 10.0 Å². The molecule has 0 aliphatic heterocycles. The fourth-order valence-electron chi connectivity index (χ4n) is 1.59. The number of benzene rings is 1. The van der Waals surface area contributed by atoms with Gasteiger partial charge in [0, 0.05) is 11.6 Å². The van der Waals surface area contributed by atoms with Crippen molar-refractivity contribution >= 4 is 40.6 Å². The fraction of sp³-hybridized carbons (Fsp3) is 0.214. The van der Waals surface area contributed by atoms with Crippen molar-refractivity contribution in [2.24, 2.45) is 0 Å². The van der Waals surface area contributed by atoms with Crippen LogP contribution in [0.3, 0.4) is 0 Å². The zero-order valence-electron chi connectivity index (χ0n) is 11.4. The molecule has 1 aromatic heterocycles. The summed E-state index contributed by atoms with van der Waals surface area (Å²) < 4.78 is 0. The molecule has 5 nitrogen and oxygen atoms in total. The number of anilines is 2. The van der Waals surface area contributed by atoms with Crippen LogP contribution < -0.4 is 10.6 Å². The van der Waals surface area contributed by atoms with Crippen LogP contribution >= 0.6 is 23.2 Å². The topological polar surface area (TPSA) is 66.9 Å². The minimum atomic E-state index is -0.383. The van der Waals surface area contributed by atoms with Gasteiger partial charge in [-0.3, -0.25) is 9.78 Å². The van der Waals surface area contributed by atoms with Gasteiger partial charge in [-0.1, -0.05) is 30.1 Å². The van der Waals surface area contributed by atoms with Gasteiger partial charge in [-0.2, -0.15) is 0 Å².